The van der Waals surface area contributed by atoms with Gasteiger partial charge in [-0.3, -0.25) is 4.79 Å². The summed E-state index contributed by atoms with van der Waals surface area (Å²) in [6, 6.07) is 0. The maximum Gasteiger partial charge on any atom is 0.253 e. The molecule has 0 radical (unpaired) electrons. The van der Waals surface area contributed by atoms with Gasteiger partial charge in [0.2, 0.25) is 0 Å². The van der Waals surface area contributed by atoms with Crippen LogP contribution in [-0.4, -0.2) is 16.5 Å². The Bertz CT molecular complexity index is 255. The highest BCUT2D eigenvalue weighted by molar-refractivity contribution is 5.02. The lowest BCUT2D eigenvalue weighted by Crippen LogP contribution is -2.15. The summed E-state index contributed by atoms with van der Waals surface area (Å²) < 4.78 is 0. The molecule has 3 N–H and O–H groups in total. The highest BCUT2D eigenvalue weighted by Gasteiger charge is 1.94. The summed E-state index contributed by atoms with van der Waals surface area (Å²) in [4.78, 5) is 17.1. The van der Waals surface area contributed by atoms with Gasteiger partial charge in [0, 0.05) is 11.8 Å². The minimum absolute atomic E-state index is 0.0968. The first-order valence-corrected chi connectivity index (χ1v) is 3.06. The van der Waals surface area contributed by atoms with Crippen LogP contribution >= 0.6 is 0 Å². The van der Waals surface area contributed by atoms with Gasteiger partial charge in [0.05, 0.1) is 6.33 Å². The molecule has 1 aromatic heterocycles. The zero-order valence-corrected chi connectivity index (χ0v) is 5.50. The van der Waals surface area contributed by atoms with Gasteiger partial charge in [-0.1, -0.05) is 0 Å². The molecule has 54 valence electrons. The van der Waals surface area contributed by atoms with E-state index >= 15 is 0 Å². The van der Waals surface area contributed by atoms with Crippen molar-refractivity contribution in [3.63, 3.8) is 0 Å². The Morgan fingerprint density at radius 3 is 3.10 bits per heavy atom. The van der Waals surface area contributed by atoms with E-state index < -0.39 is 0 Å². The number of hydrogen-bond acceptors (Lipinski definition) is 3. The lowest BCUT2D eigenvalue weighted by atomic mass is 10.2. The minimum atomic E-state index is -0.0968. The summed E-state index contributed by atoms with van der Waals surface area (Å²) in [5.41, 5.74) is 5.80. The van der Waals surface area contributed by atoms with Crippen LogP contribution in [-0.2, 0) is 6.42 Å². The van der Waals surface area contributed by atoms with Crippen molar-refractivity contribution in [2.24, 2.45) is 5.73 Å². The second-order valence-corrected chi connectivity index (χ2v) is 1.94. The smallest absolute Gasteiger partial charge is 0.253 e. The van der Waals surface area contributed by atoms with Gasteiger partial charge in [-0.05, 0) is 13.0 Å². The van der Waals surface area contributed by atoms with Crippen LogP contribution in [0.15, 0.2) is 17.3 Å². The Morgan fingerprint density at radius 1 is 1.70 bits per heavy atom. The lowest BCUT2D eigenvalue weighted by Gasteiger charge is -1.92. The molecule has 0 fully saturated rings. The van der Waals surface area contributed by atoms with Gasteiger partial charge in [-0.15, -0.1) is 0 Å². The van der Waals surface area contributed by atoms with Crippen molar-refractivity contribution in [3.05, 3.63) is 28.4 Å². The molecule has 4 heteroatoms. The van der Waals surface area contributed by atoms with Crippen LogP contribution in [0.4, 0.5) is 0 Å². The maximum atomic E-state index is 10.9. The van der Waals surface area contributed by atoms with Crippen molar-refractivity contribution in [1.29, 1.82) is 0 Å². The Kier molecular flexibility index (Phi) is 2.17. The van der Waals surface area contributed by atoms with Crippen molar-refractivity contribution in [2.75, 3.05) is 6.54 Å². The van der Waals surface area contributed by atoms with E-state index in [1.807, 2.05) is 0 Å². The number of nitrogens with zero attached hydrogens (tertiary/aromatic N) is 1. The zero-order chi connectivity index (χ0) is 7.40. The largest absolute Gasteiger partial charge is 0.330 e. The van der Waals surface area contributed by atoms with Gasteiger partial charge in [-0.2, -0.15) is 0 Å². The van der Waals surface area contributed by atoms with E-state index in [-0.39, 0.29) is 5.56 Å². The molecule has 0 saturated carbocycles. The summed E-state index contributed by atoms with van der Waals surface area (Å²) in [6.45, 7) is 0.481. The molecule has 0 aromatic carbocycles. The third-order valence-electron chi connectivity index (χ3n) is 1.21. The molecule has 0 bridgehead atoms. The number of aromatic nitrogens is 2. The standard InChI is InChI=1S/C6H9N3O/c7-2-1-5-3-8-4-9-6(5)10/h3-4H,1-2,7H2,(H,8,9,10). The molecule has 0 amide bonds. The number of H-pyrrole nitrogens is 1. The fourth-order valence-electron chi connectivity index (χ4n) is 0.708. The summed E-state index contributed by atoms with van der Waals surface area (Å²) >= 11 is 0. The molecule has 0 saturated heterocycles. The molecule has 1 rings (SSSR count). The van der Waals surface area contributed by atoms with Crippen molar-refractivity contribution in [1.82, 2.24) is 9.97 Å². The molecule has 0 atom stereocenters. The first kappa shape index (κ1) is 6.95. The van der Waals surface area contributed by atoms with Crippen molar-refractivity contribution in [2.45, 2.75) is 6.42 Å². The van der Waals surface area contributed by atoms with E-state index in [4.69, 9.17) is 5.73 Å². The number of nitrogens with one attached hydrogen (secondary N) is 1. The summed E-state index contributed by atoms with van der Waals surface area (Å²) in [7, 11) is 0. The Balaban J connectivity index is 2.92. The fourth-order valence-corrected chi connectivity index (χ4v) is 0.708. The highest BCUT2D eigenvalue weighted by atomic mass is 16.1. The second-order valence-electron chi connectivity index (χ2n) is 1.94. The number of rotatable bonds is 2. The topological polar surface area (TPSA) is 71.8 Å². The summed E-state index contributed by atoms with van der Waals surface area (Å²) in [6.07, 6.45) is 3.48. The molecule has 4 nitrogen and oxygen atoms in total. The third-order valence-corrected chi connectivity index (χ3v) is 1.21. The highest BCUT2D eigenvalue weighted by Crippen LogP contribution is 1.84. The Morgan fingerprint density at radius 2 is 2.50 bits per heavy atom. The minimum Gasteiger partial charge on any atom is -0.330 e. The quantitative estimate of drug-likeness (QED) is 0.567. The molecule has 10 heavy (non-hydrogen) atoms. The van der Waals surface area contributed by atoms with E-state index in [9.17, 15) is 4.79 Å². The zero-order valence-electron chi connectivity index (χ0n) is 5.50. The van der Waals surface area contributed by atoms with Gasteiger partial charge >= 0.3 is 0 Å². The monoisotopic (exact) mass is 139 g/mol. The van der Waals surface area contributed by atoms with Gasteiger partial charge in [0.1, 0.15) is 0 Å². The van der Waals surface area contributed by atoms with Crippen LogP contribution in [0.5, 0.6) is 0 Å². The second kappa shape index (κ2) is 3.12. The van der Waals surface area contributed by atoms with Gasteiger partial charge in [0.25, 0.3) is 5.56 Å². The summed E-state index contributed by atoms with van der Waals surface area (Å²) in [5.74, 6) is 0. The fraction of sp³-hybridized carbons (Fsp3) is 0.333. The summed E-state index contributed by atoms with van der Waals surface area (Å²) in [5, 5.41) is 0. The van der Waals surface area contributed by atoms with Crippen molar-refractivity contribution < 1.29 is 0 Å². The molecular formula is C6H9N3O. The predicted octanol–water partition coefficient (Wildman–Crippen LogP) is -0.729. The Labute approximate surface area is 58.1 Å². The molecule has 0 aliphatic heterocycles. The molecule has 1 aromatic rings. The third kappa shape index (κ3) is 1.41. The van der Waals surface area contributed by atoms with Gasteiger partial charge < -0.3 is 10.7 Å². The molecular weight excluding hydrogens is 130 g/mol. The number of aromatic amines is 1. The van der Waals surface area contributed by atoms with E-state index in [2.05, 4.69) is 9.97 Å². The van der Waals surface area contributed by atoms with E-state index in [1.54, 1.807) is 0 Å². The van der Waals surface area contributed by atoms with E-state index in [0.29, 0.717) is 18.5 Å². The van der Waals surface area contributed by atoms with Crippen LogP contribution in [0.3, 0.4) is 0 Å². The van der Waals surface area contributed by atoms with Gasteiger partial charge in [-0.25, -0.2) is 4.98 Å². The Hall–Kier alpha value is -1.16. The van der Waals surface area contributed by atoms with E-state index in [0.717, 1.165) is 0 Å². The van der Waals surface area contributed by atoms with Crippen molar-refractivity contribution in [3.8, 4) is 0 Å². The number of nitrogens with two attached hydrogens (primary N) is 1. The SMILES string of the molecule is NCCc1cnc[nH]c1=O. The van der Waals surface area contributed by atoms with Crippen LogP contribution in [0.2, 0.25) is 0 Å². The lowest BCUT2D eigenvalue weighted by molar-refractivity contribution is 0.921. The molecule has 0 aliphatic rings. The normalized spacial score (nSPS) is 9.70. The average Bonchev–Trinajstić information content (AvgIpc) is 1.94. The molecule has 0 unspecified atom stereocenters. The first-order valence-electron chi connectivity index (χ1n) is 3.06. The van der Waals surface area contributed by atoms with Crippen LogP contribution < -0.4 is 11.3 Å². The maximum absolute atomic E-state index is 10.9. The van der Waals surface area contributed by atoms with Gasteiger partial charge in [0.15, 0.2) is 0 Å². The van der Waals surface area contributed by atoms with Crippen LogP contribution in [0, 0.1) is 0 Å². The molecule has 0 spiro atoms. The first-order chi connectivity index (χ1) is 4.84. The van der Waals surface area contributed by atoms with Crippen LogP contribution in [0.1, 0.15) is 5.56 Å². The molecule has 1 heterocycles. The van der Waals surface area contributed by atoms with E-state index in [1.165, 1.54) is 12.5 Å². The molecule has 0 aliphatic carbocycles. The predicted molar refractivity (Wildman–Crippen MR) is 37.6 cm³/mol. The van der Waals surface area contributed by atoms with Crippen molar-refractivity contribution >= 4 is 0 Å². The van der Waals surface area contributed by atoms with Crippen LogP contribution in [0.25, 0.3) is 0 Å². The number of hydrogen-bond donors (Lipinski definition) is 2. The average molecular weight is 139 g/mol.